The van der Waals surface area contributed by atoms with Crippen molar-refractivity contribution < 1.29 is 5.21 Å². The highest BCUT2D eigenvalue weighted by molar-refractivity contribution is 5.82. The van der Waals surface area contributed by atoms with Crippen molar-refractivity contribution in [3.8, 4) is 0 Å². The normalized spacial score (nSPS) is 14.0. The number of hydrogen-bond donors (Lipinski definition) is 2. The minimum absolute atomic E-state index is 0.0513. The van der Waals surface area contributed by atoms with Crippen LogP contribution in [0.25, 0.3) is 0 Å². The predicted molar refractivity (Wildman–Crippen MR) is 70.1 cm³/mol. The first kappa shape index (κ1) is 13.5. The first-order chi connectivity index (χ1) is 8.02. The molecule has 0 saturated heterocycles. The first-order valence-electron chi connectivity index (χ1n) is 5.74. The Morgan fingerprint density at radius 3 is 2.53 bits per heavy atom. The van der Waals surface area contributed by atoms with Crippen molar-refractivity contribution in [2.24, 2.45) is 16.8 Å². The topological polar surface area (TPSA) is 61.8 Å². The molecule has 3 N–H and O–H groups in total. The van der Waals surface area contributed by atoms with Gasteiger partial charge >= 0.3 is 0 Å². The maximum absolute atomic E-state index is 8.58. The highest BCUT2D eigenvalue weighted by Crippen LogP contribution is 2.07. The third-order valence-corrected chi connectivity index (χ3v) is 2.78. The van der Waals surface area contributed by atoms with Crippen LogP contribution in [-0.4, -0.2) is 29.5 Å². The maximum Gasteiger partial charge on any atom is 0.143 e. The van der Waals surface area contributed by atoms with E-state index in [1.54, 1.807) is 0 Å². The largest absolute Gasteiger partial charge is 0.409 e. The van der Waals surface area contributed by atoms with Crippen LogP contribution >= 0.6 is 0 Å². The Kier molecular flexibility index (Phi) is 4.97. The molecule has 0 spiro atoms. The number of nitrogens with two attached hydrogens (primary N) is 1. The summed E-state index contributed by atoms with van der Waals surface area (Å²) >= 11 is 0. The zero-order chi connectivity index (χ0) is 12.8. The Hall–Kier alpha value is -1.55. The molecule has 0 amide bonds. The molecule has 0 saturated carbocycles. The Bertz CT molecular complexity index is 373. The number of amidine groups is 1. The number of benzene rings is 1. The molecule has 0 aliphatic carbocycles. The third-order valence-electron chi connectivity index (χ3n) is 2.78. The van der Waals surface area contributed by atoms with Gasteiger partial charge in [0.15, 0.2) is 0 Å². The van der Waals surface area contributed by atoms with Crippen molar-refractivity contribution in [3.63, 3.8) is 0 Å². The van der Waals surface area contributed by atoms with Gasteiger partial charge in [-0.3, -0.25) is 0 Å². The van der Waals surface area contributed by atoms with Crippen LogP contribution in [-0.2, 0) is 6.54 Å². The van der Waals surface area contributed by atoms with E-state index in [4.69, 9.17) is 10.9 Å². The average molecular weight is 235 g/mol. The lowest BCUT2D eigenvalue weighted by molar-refractivity contribution is 0.290. The summed E-state index contributed by atoms with van der Waals surface area (Å²) in [6.45, 7) is 5.65. The Morgan fingerprint density at radius 1 is 1.41 bits per heavy atom. The standard InChI is InChI=1S/C13H21N3O/c1-10-4-6-12(7-5-10)9-16(3)8-11(2)13(14)15-17/h4-7,11,17H,8-9H2,1-3H3,(H2,14,15). The molecule has 0 aliphatic heterocycles. The molecule has 0 fully saturated rings. The molecule has 17 heavy (non-hydrogen) atoms. The SMILES string of the molecule is Cc1ccc(CN(C)CC(C)/C(N)=N/O)cc1. The zero-order valence-corrected chi connectivity index (χ0v) is 10.7. The van der Waals surface area contributed by atoms with Crippen LogP contribution in [0.4, 0.5) is 0 Å². The summed E-state index contributed by atoms with van der Waals surface area (Å²) in [7, 11) is 2.03. The smallest absolute Gasteiger partial charge is 0.143 e. The summed E-state index contributed by atoms with van der Waals surface area (Å²) in [6.07, 6.45) is 0. The number of hydrogen-bond acceptors (Lipinski definition) is 3. The molecule has 0 aliphatic rings. The summed E-state index contributed by atoms with van der Waals surface area (Å²) in [5, 5.41) is 11.6. The summed E-state index contributed by atoms with van der Waals surface area (Å²) in [5.74, 6) is 0.330. The van der Waals surface area contributed by atoms with Gasteiger partial charge in [-0.1, -0.05) is 41.9 Å². The number of aryl methyl sites for hydroxylation is 1. The summed E-state index contributed by atoms with van der Waals surface area (Å²) in [5.41, 5.74) is 8.08. The fraction of sp³-hybridized carbons (Fsp3) is 0.462. The van der Waals surface area contributed by atoms with E-state index < -0.39 is 0 Å². The van der Waals surface area contributed by atoms with Crippen LogP contribution in [0.15, 0.2) is 29.4 Å². The van der Waals surface area contributed by atoms with Crippen LogP contribution in [0, 0.1) is 12.8 Å². The van der Waals surface area contributed by atoms with Gasteiger partial charge in [-0.05, 0) is 19.5 Å². The predicted octanol–water partition coefficient (Wildman–Crippen LogP) is 1.81. The molecule has 94 valence electrons. The molecule has 0 heterocycles. The second-order valence-corrected chi connectivity index (χ2v) is 4.61. The quantitative estimate of drug-likeness (QED) is 0.354. The minimum atomic E-state index is 0.0513. The molecular formula is C13H21N3O. The highest BCUT2D eigenvalue weighted by atomic mass is 16.4. The highest BCUT2D eigenvalue weighted by Gasteiger charge is 2.10. The molecule has 0 bridgehead atoms. The van der Waals surface area contributed by atoms with E-state index in [-0.39, 0.29) is 11.8 Å². The van der Waals surface area contributed by atoms with Gasteiger partial charge in [0.2, 0.25) is 0 Å². The molecular weight excluding hydrogens is 214 g/mol. The number of nitrogens with zero attached hydrogens (tertiary/aromatic N) is 2. The molecule has 1 unspecified atom stereocenters. The summed E-state index contributed by atoms with van der Waals surface area (Å²) in [6, 6.07) is 8.46. The fourth-order valence-electron chi connectivity index (χ4n) is 1.73. The van der Waals surface area contributed by atoms with Crippen LogP contribution in [0.2, 0.25) is 0 Å². The molecule has 0 radical (unpaired) electrons. The van der Waals surface area contributed by atoms with Crippen LogP contribution in [0.3, 0.4) is 0 Å². The van der Waals surface area contributed by atoms with E-state index in [2.05, 4.69) is 41.2 Å². The lowest BCUT2D eigenvalue weighted by Crippen LogP contribution is -2.32. The van der Waals surface area contributed by atoms with E-state index >= 15 is 0 Å². The molecule has 1 aromatic carbocycles. The second kappa shape index (κ2) is 6.25. The van der Waals surface area contributed by atoms with Crippen LogP contribution in [0.1, 0.15) is 18.1 Å². The number of oxime groups is 1. The molecule has 4 heteroatoms. The minimum Gasteiger partial charge on any atom is -0.409 e. The molecule has 1 aromatic rings. The van der Waals surface area contributed by atoms with Crippen molar-refractivity contribution in [1.29, 1.82) is 0 Å². The first-order valence-corrected chi connectivity index (χ1v) is 5.74. The van der Waals surface area contributed by atoms with Gasteiger partial charge in [-0.2, -0.15) is 0 Å². The molecule has 1 atom stereocenters. The van der Waals surface area contributed by atoms with Gasteiger partial charge in [0.05, 0.1) is 0 Å². The van der Waals surface area contributed by atoms with Gasteiger partial charge in [-0.25, -0.2) is 0 Å². The van der Waals surface area contributed by atoms with Crippen LogP contribution in [0.5, 0.6) is 0 Å². The monoisotopic (exact) mass is 235 g/mol. The molecule has 4 nitrogen and oxygen atoms in total. The van der Waals surface area contributed by atoms with Gasteiger partial charge < -0.3 is 15.8 Å². The van der Waals surface area contributed by atoms with Crippen LogP contribution < -0.4 is 5.73 Å². The van der Waals surface area contributed by atoms with Crippen molar-refractivity contribution in [1.82, 2.24) is 4.90 Å². The van der Waals surface area contributed by atoms with E-state index in [9.17, 15) is 0 Å². The molecule has 0 aromatic heterocycles. The molecule has 1 rings (SSSR count). The van der Waals surface area contributed by atoms with Crippen molar-refractivity contribution in [3.05, 3.63) is 35.4 Å². The van der Waals surface area contributed by atoms with Gasteiger partial charge in [0.25, 0.3) is 0 Å². The van der Waals surface area contributed by atoms with Crippen molar-refractivity contribution >= 4 is 5.84 Å². The van der Waals surface area contributed by atoms with E-state index in [0.29, 0.717) is 0 Å². The average Bonchev–Trinajstić information content (AvgIpc) is 2.30. The Balaban J connectivity index is 2.49. The maximum atomic E-state index is 8.58. The number of rotatable bonds is 5. The fourth-order valence-corrected chi connectivity index (χ4v) is 1.73. The van der Waals surface area contributed by atoms with Gasteiger partial charge in [0.1, 0.15) is 5.84 Å². The third kappa shape index (κ3) is 4.44. The Labute approximate surface area is 103 Å². The van der Waals surface area contributed by atoms with Crippen molar-refractivity contribution in [2.45, 2.75) is 20.4 Å². The lowest BCUT2D eigenvalue weighted by Gasteiger charge is -2.20. The lowest BCUT2D eigenvalue weighted by atomic mass is 10.1. The second-order valence-electron chi connectivity index (χ2n) is 4.61. The zero-order valence-electron chi connectivity index (χ0n) is 10.7. The van der Waals surface area contributed by atoms with Gasteiger partial charge in [-0.15, -0.1) is 0 Å². The van der Waals surface area contributed by atoms with E-state index in [1.807, 2.05) is 14.0 Å². The van der Waals surface area contributed by atoms with Crippen molar-refractivity contribution in [2.75, 3.05) is 13.6 Å². The van der Waals surface area contributed by atoms with Gasteiger partial charge in [0, 0.05) is 19.0 Å². The Morgan fingerprint density at radius 2 is 2.00 bits per heavy atom. The summed E-state index contributed by atoms with van der Waals surface area (Å²) < 4.78 is 0. The van der Waals surface area contributed by atoms with E-state index in [1.165, 1.54) is 11.1 Å². The van der Waals surface area contributed by atoms with E-state index in [0.717, 1.165) is 13.1 Å². The summed E-state index contributed by atoms with van der Waals surface area (Å²) in [4.78, 5) is 2.16.